The fourth-order valence-electron chi connectivity index (χ4n) is 1.72. The van der Waals surface area contributed by atoms with Crippen LogP contribution < -0.4 is 0 Å². The molecule has 0 aromatic heterocycles. The monoisotopic (exact) mass is 298 g/mol. The van der Waals surface area contributed by atoms with E-state index < -0.39 is 28.6 Å². The maximum Gasteiger partial charge on any atom is 0.422 e. The number of benzene rings is 1. The number of fused-ring (bicyclic) bond motifs is 1. The summed E-state index contributed by atoms with van der Waals surface area (Å²) in [6, 6.07) is 5.73. The molecular weight excluding hydrogens is 288 g/mol. The molecule has 2 amide bonds. The first kappa shape index (κ1) is 14.2. The maximum absolute atomic E-state index is 11.8. The lowest BCUT2D eigenvalue weighted by molar-refractivity contribution is -0.128. The van der Waals surface area contributed by atoms with Gasteiger partial charge in [-0.3, -0.25) is 4.79 Å². The van der Waals surface area contributed by atoms with Crippen LogP contribution in [0.2, 0.25) is 0 Å². The van der Waals surface area contributed by atoms with Gasteiger partial charge in [-0.2, -0.15) is 13.3 Å². The molecule has 2 rings (SSSR count). The van der Waals surface area contributed by atoms with Gasteiger partial charge in [0.2, 0.25) is 0 Å². The second-order valence-electron chi connectivity index (χ2n) is 3.74. The van der Waals surface area contributed by atoms with E-state index in [2.05, 4.69) is 9.13 Å². The minimum atomic E-state index is -3.98. The summed E-state index contributed by atoms with van der Waals surface area (Å²) in [6.45, 7) is -0.990. The summed E-state index contributed by atoms with van der Waals surface area (Å²) in [6.07, 6.45) is -1.13. The van der Waals surface area contributed by atoms with Crippen LogP contribution in [0, 0.1) is 0 Å². The van der Waals surface area contributed by atoms with E-state index >= 15 is 0 Å². The number of methoxy groups -OCH3 is 1. The van der Waals surface area contributed by atoms with Crippen molar-refractivity contribution in [3.8, 4) is 0 Å². The van der Waals surface area contributed by atoms with E-state index in [9.17, 15) is 18.0 Å². The number of carbonyl (C=O) groups excluding carboxylic acids is 2. The molecule has 1 heterocycles. The van der Waals surface area contributed by atoms with E-state index in [-0.39, 0.29) is 16.3 Å². The second-order valence-corrected chi connectivity index (χ2v) is 5.32. The van der Waals surface area contributed by atoms with Crippen LogP contribution in [0.4, 0.5) is 4.79 Å². The van der Waals surface area contributed by atoms with Crippen LogP contribution in [0.5, 0.6) is 0 Å². The van der Waals surface area contributed by atoms with Gasteiger partial charge in [0.25, 0.3) is 15.9 Å². The zero-order valence-corrected chi connectivity index (χ0v) is 11.1. The van der Waals surface area contributed by atoms with Gasteiger partial charge in [-0.1, -0.05) is 12.1 Å². The van der Waals surface area contributed by atoms with Gasteiger partial charge in [-0.05, 0) is 12.1 Å². The third-order valence-electron chi connectivity index (χ3n) is 2.57. The first-order valence-electron chi connectivity index (χ1n) is 5.38. The Bertz CT molecular complexity index is 693. The van der Waals surface area contributed by atoms with Crippen LogP contribution >= 0.6 is 0 Å². The van der Waals surface area contributed by atoms with Crippen LogP contribution in [0.3, 0.4) is 0 Å². The van der Waals surface area contributed by atoms with Gasteiger partial charge >= 0.3 is 6.09 Å². The summed E-state index contributed by atoms with van der Waals surface area (Å²) in [5, 5.41) is 8.88. The Hall–Kier alpha value is -2.26. The summed E-state index contributed by atoms with van der Waals surface area (Å²) in [5.74, 6) is -1.42. The normalized spacial score (nSPS) is 15.2. The summed E-state index contributed by atoms with van der Waals surface area (Å²) in [5.41, 5.74) is 0.0969. The van der Waals surface area contributed by atoms with E-state index in [1.165, 1.54) is 24.3 Å². The topological polar surface area (TPSA) is 113 Å². The fourth-order valence-corrected chi connectivity index (χ4v) is 2.91. The number of amidine groups is 1. The molecule has 0 unspecified atom stereocenters. The molecule has 0 atom stereocenters. The molecule has 1 aromatic carbocycles. The Morgan fingerprint density at radius 1 is 1.35 bits per heavy atom. The van der Waals surface area contributed by atoms with Crippen LogP contribution in [-0.2, 0) is 19.6 Å². The number of amides is 2. The highest BCUT2D eigenvalue weighted by atomic mass is 32.2. The number of nitrogens with zero attached hydrogens (tertiary/aromatic N) is 2. The Kier molecular flexibility index (Phi) is 3.55. The summed E-state index contributed by atoms with van der Waals surface area (Å²) >= 11 is 0. The lowest BCUT2D eigenvalue weighted by atomic mass is 10.2. The van der Waals surface area contributed by atoms with Crippen molar-refractivity contribution in [2.24, 2.45) is 4.40 Å². The van der Waals surface area contributed by atoms with Gasteiger partial charge in [0.05, 0.1) is 7.11 Å². The number of sulfonamides is 1. The average Bonchev–Trinajstić information content (AvgIpc) is 2.71. The maximum atomic E-state index is 11.8. The number of hydrogen-bond donors (Lipinski definition) is 1. The average molecular weight is 298 g/mol. The summed E-state index contributed by atoms with van der Waals surface area (Å²) < 4.78 is 31.5. The van der Waals surface area contributed by atoms with Crippen molar-refractivity contribution in [1.29, 1.82) is 0 Å². The van der Waals surface area contributed by atoms with Crippen LogP contribution in [0.25, 0.3) is 0 Å². The van der Waals surface area contributed by atoms with Crippen molar-refractivity contribution >= 4 is 27.9 Å². The van der Waals surface area contributed by atoms with Crippen LogP contribution in [0.15, 0.2) is 33.6 Å². The standard InChI is InChI=1S/C11H10N2O6S/c1-19-11(16)13(9(15)6-14)10-7-4-2-3-5-8(7)20(17,18)12-10/h2-5,14H,6H2,1H3. The van der Waals surface area contributed by atoms with E-state index in [4.69, 9.17) is 5.11 Å². The quantitative estimate of drug-likeness (QED) is 0.763. The number of hydrogen-bond acceptors (Lipinski definition) is 6. The SMILES string of the molecule is COC(=O)N(C(=O)CO)C1=NS(=O)(=O)c2ccccc21. The highest BCUT2D eigenvalue weighted by Gasteiger charge is 2.37. The highest BCUT2D eigenvalue weighted by Crippen LogP contribution is 2.27. The predicted molar refractivity (Wildman–Crippen MR) is 66.5 cm³/mol. The van der Waals surface area contributed by atoms with E-state index in [0.717, 1.165) is 7.11 Å². The second kappa shape index (κ2) is 5.02. The van der Waals surface area contributed by atoms with Crippen molar-refractivity contribution < 1.29 is 27.9 Å². The minimum Gasteiger partial charge on any atom is -0.452 e. The molecule has 106 valence electrons. The number of aliphatic hydroxyl groups is 1. The Balaban J connectivity index is 2.62. The highest BCUT2D eigenvalue weighted by molar-refractivity contribution is 7.90. The number of ether oxygens (including phenoxy) is 1. The van der Waals surface area contributed by atoms with Crippen molar-refractivity contribution in [2.45, 2.75) is 4.90 Å². The predicted octanol–water partition coefficient (Wildman–Crippen LogP) is -0.277. The molecule has 1 aliphatic rings. The zero-order chi connectivity index (χ0) is 14.9. The summed E-state index contributed by atoms with van der Waals surface area (Å²) in [7, 11) is -2.95. The minimum absolute atomic E-state index is 0.0969. The van der Waals surface area contributed by atoms with Crippen molar-refractivity contribution in [1.82, 2.24) is 4.90 Å². The first-order valence-corrected chi connectivity index (χ1v) is 6.82. The van der Waals surface area contributed by atoms with E-state index in [0.29, 0.717) is 4.90 Å². The van der Waals surface area contributed by atoms with E-state index in [1.807, 2.05) is 0 Å². The number of rotatable bonds is 1. The Labute approximate surface area is 114 Å². The van der Waals surface area contributed by atoms with Gasteiger partial charge in [0.15, 0.2) is 5.84 Å². The van der Waals surface area contributed by atoms with Crippen LogP contribution in [-0.4, -0.2) is 50.0 Å². The molecule has 0 radical (unpaired) electrons. The van der Waals surface area contributed by atoms with Gasteiger partial charge in [0.1, 0.15) is 11.5 Å². The Morgan fingerprint density at radius 2 is 2.00 bits per heavy atom. The van der Waals surface area contributed by atoms with Gasteiger partial charge in [-0.15, -0.1) is 4.40 Å². The molecule has 0 bridgehead atoms. The smallest absolute Gasteiger partial charge is 0.422 e. The summed E-state index contributed by atoms with van der Waals surface area (Å²) in [4.78, 5) is 23.5. The van der Waals surface area contributed by atoms with E-state index in [1.54, 1.807) is 0 Å². The molecular formula is C11H10N2O6S. The van der Waals surface area contributed by atoms with Gasteiger partial charge < -0.3 is 9.84 Å². The fraction of sp³-hybridized carbons (Fsp3) is 0.182. The third-order valence-corrected chi connectivity index (χ3v) is 3.89. The van der Waals surface area contributed by atoms with Crippen molar-refractivity contribution in [2.75, 3.05) is 13.7 Å². The lowest BCUT2D eigenvalue weighted by Gasteiger charge is -2.17. The molecule has 20 heavy (non-hydrogen) atoms. The number of carbonyl (C=O) groups is 2. The van der Waals surface area contributed by atoms with Crippen molar-refractivity contribution in [3.05, 3.63) is 29.8 Å². The van der Waals surface area contributed by atoms with Gasteiger partial charge in [0, 0.05) is 5.56 Å². The van der Waals surface area contributed by atoms with Crippen LogP contribution in [0.1, 0.15) is 5.56 Å². The molecule has 0 fully saturated rings. The Morgan fingerprint density at radius 3 is 2.60 bits per heavy atom. The van der Waals surface area contributed by atoms with Gasteiger partial charge in [-0.25, -0.2) is 4.79 Å². The molecule has 0 spiro atoms. The first-order chi connectivity index (χ1) is 9.42. The largest absolute Gasteiger partial charge is 0.452 e. The zero-order valence-electron chi connectivity index (χ0n) is 10.3. The lowest BCUT2D eigenvalue weighted by Crippen LogP contribution is -2.43. The molecule has 0 saturated carbocycles. The number of aliphatic hydroxyl groups excluding tert-OH is 1. The molecule has 9 heteroatoms. The molecule has 0 aliphatic carbocycles. The molecule has 1 N–H and O–H groups in total. The molecule has 1 aliphatic heterocycles. The number of imide groups is 1. The molecule has 8 nitrogen and oxygen atoms in total. The third kappa shape index (κ3) is 2.17. The van der Waals surface area contributed by atoms with Crippen molar-refractivity contribution in [3.63, 3.8) is 0 Å². The molecule has 0 saturated heterocycles. The molecule has 1 aromatic rings.